The average molecular weight is 440 g/mol. The van der Waals surface area contributed by atoms with Crippen LogP contribution in [0.4, 0.5) is 4.39 Å². The first-order chi connectivity index (χ1) is 15.4. The number of halogens is 1. The second-order valence-electron chi connectivity index (χ2n) is 7.72. The summed E-state index contributed by atoms with van der Waals surface area (Å²) in [4.78, 5) is 50.3. The first-order valence-electron chi connectivity index (χ1n) is 10.5. The van der Waals surface area contributed by atoms with Gasteiger partial charge in [-0.15, -0.1) is 0 Å². The van der Waals surface area contributed by atoms with Crippen LogP contribution >= 0.6 is 0 Å². The Labute approximate surface area is 185 Å². The van der Waals surface area contributed by atoms with Gasteiger partial charge in [0, 0.05) is 12.1 Å². The molecular weight excluding hydrogens is 415 g/mol. The van der Waals surface area contributed by atoms with Gasteiger partial charge in [0.05, 0.1) is 6.42 Å². The third kappa shape index (κ3) is 5.57. The number of nitrogens with one attached hydrogen (secondary N) is 1. The first-order valence-corrected chi connectivity index (χ1v) is 10.5. The van der Waals surface area contributed by atoms with E-state index < -0.39 is 42.8 Å². The van der Waals surface area contributed by atoms with Gasteiger partial charge in [-0.1, -0.05) is 42.5 Å². The first kappa shape index (κ1) is 23.1. The Bertz CT molecular complexity index is 995. The number of hydrogen-bond acceptors (Lipinski definition) is 4. The van der Waals surface area contributed by atoms with Crippen molar-refractivity contribution in [1.29, 1.82) is 0 Å². The summed E-state index contributed by atoms with van der Waals surface area (Å²) in [7, 11) is 0. The molecule has 1 aliphatic heterocycles. The quantitative estimate of drug-likeness (QED) is 0.657. The predicted octanol–water partition coefficient (Wildman–Crippen LogP) is 2.85. The van der Waals surface area contributed by atoms with Crippen molar-refractivity contribution >= 4 is 23.6 Å². The van der Waals surface area contributed by atoms with Gasteiger partial charge < -0.3 is 15.3 Å². The normalized spacial score (nSPS) is 16.8. The summed E-state index contributed by atoms with van der Waals surface area (Å²) in [5.41, 5.74) is 2.24. The number of likely N-dealkylation sites (tertiary alicyclic amines) is 1. The smallest absolute Gasteiger partial charge is 0.305 e. The lowest BCUT2D eigenvalue weighted by Crippen LogP contribution is -2.55. The average Bonchev–Trinajstić information content (AvgIpc) is 2.83. The fourth-order valence-corrected chi connectivity index (χ4v) is 3.86. The molecular formula is C24H25FN2O5. The summed E-state index contributed by atoms with van der Waals surface area (Å²) < 4.78 is 12.8. The lowest BCUT2D eigenvalue weighted by Gasteiger charge is -2.35. The van der Waals surface area contributed by atoms with Gasteiger partial charge in [-0.25, -0.2) is 4.39 Å². The van der Waals surface area contributed by atoms with Crippen LogP contribution in [0.1, 0.15) is 36.0 Å². The molecule has 2 aromatic carbocycles. The van der Waals surface area contributed by atoms with E-state index >= 15 is 0 Å². The SMILES string of the molecule is O=C(O)CC(NC(=O)C1CCCCN1C(=O)c1cccc(-c2ccccc2)c1)C(=O)CF. The molecule has 3 rings (SSSR count). The van der Waals surface area contributed by atoms with Gasteiger partial charge in [0.15, 0.2) is 5.78 Å². The van der Waals surface area contributed by atoms with Gasteiger partial charge in [0.1, 0.15) is 18.8 Å². The van der Waals surface area contributed by atoms with Crippen molar-refractivity contribution in [3.63, 3.8) is 0 Å². The largest absolute Gasteiger partial charge is 0.481 e. The standard InChI is InChI=1S/C24H25FN2O5/c25-15-21(28)19(14-22(29)30)26-23(31)20-11-4-5-12-27(20)24(32)18-10-6-9-17(13-18)16-7-2-1-3-8-16/h1-3,6-10,13,19-20H,4-5,11-12,14-15H2,(H,26,31)(H,29,30). The number of Topliss-reactive ketones (excluding diaryl/α,β-unsaturated/α-hetero) is 1. The summed E-state index contributed by atoms with van der Waals surface area (Å²) in [6.07, 6.45) is 1.08. The highest BCUT2D eigenvalue weighted by Crippen LogP contribution is 2.24. The lowest BCUT2D eigenvalue weighted by atomic mass is 9.98. The number of ketones is 1. The highest BCUT2D eigenvalue weighted by molar-refractivity contribution is 6.00. The number of hydrogen-bond donors (Lipinski definition) is 2. The Morgan fingerprint density at radius 2 is 1.75 bits per heavy atom. The lowest BCUT2D eigenvalue weighted by molar-refractivity contribution is -0.140. The monoisotopic (exact) mass is 440 g/mol. The number of amides is 2. The Balaban J connectivity index is 1.80. The maximum absolute atomic E-state index is 13.3. The molecule has 1 aliphatic rings. The van der Waals surface area contributed by atoms with Gasteiger partial charge in [-0.3, -0.25) is 19.2 Å². The van der Waals surface area contributed by atoms with E-state index in [1.54, 1.807) is 18.2 Å². The van der Waals surface area contributed by atoms with E-state index in [0.717, 1.165) is 17.5 Å². The van der Waals surface area contributed by atoms with Crippen molar-refractivity contribution in [2.75, 3.05) is 13.2 Å². The van der Waals surface area contributed by atoms with Crippen LogP contribution in [0.25, 0.3) is 11.1 Å². The second-order valence-corrected chi connectivity index (χ2v) is 7.72. The summed E-state index contributed by atoms with van der Waals surface area (Å²) >= 11 is 0. The molecule has 0 aromatic heterocycles. The molecule has 0 radical (unpaired) electrons. The molecule has 2 aromatic rings. The fraction of sp³-hybridized carbons (Fsp3) is 0.333. The molecule has 168 valence electrons. The molecule has 1 fully saturated rings. The van der Waals surface area contributed by atoms with Crippen LogP contribution in [0.2, 0.25) is 0 Å². The number of alkyl halides is 1. The number of carboxylic acids is 1. The van der Waals surface area contributed by atoms with E-state index in [4.69, 9.17) is 5.11 Å². The molecule has 1 saturated heterocycles. The van der Waals surface area contributed by atoms with Crippen molar-refractivity contribution in [1.82, 2.24) is 10.2 Å². The van der Waals surface area contributed by atoms with Gasteiger partial charge in [-0.05, 0) is 42.5 Å². The number of benzene rings is 2. The Kier molecular flexibility index (Phi) is 7.70. The van der Waals surface area contributed by atoms with Crippen molar-refractivity contribution in [2.24, 2.45) is 0 Å². The van der Waals surface area contributed by atoms with Crippen LogP contribution in [0.3, 0.4) is 0 Å². The highest BCUT2D eigenvalue weighted by Gasteiger charge is 2.35. The Morgan fingerprint density at radius 1 is 1.03 bits per heavy atom. The zero-order valence-electron chi connectivity index (χ0n) is 17.5. The molecule has 0 saturated carbocycles. The van der Waals surface area contributed by atoms with Crippen molar-refractivity contribution in [3.8, 4) is 11.1 Å². The molecule has 8 heteroatoms. The van der Waals surface area contributed by atoms with Crippen LogP contribution in [0.15, 0.2) is 54.6 Å². The molecule has 2 unspecified atom stereocenters. The van der Waals surface area contributed by atoms with E-state index in [0.29, 0.717) is 24.9 Å². The Morgan fingerprint density at radius 3 is 2.44 bits per heavy atom. The molecule has 7 nitrogen and oxygen atoms in total. The highest BCUT2D eigenvalue weighted by atomic mass is 19.1. The van der Waals surface area contributed by atoms with Crippen molar-refractivity contribution in [2.45, 2.75) is 37.8 Å². The van der Waals surface area contributed by atoms with Crippen molar-refractivity contribution in [3.05, 3.63) is 60.2 Å². The minimum Gasteiger partial charge on any atom is -0.481 e. The maximum atomic E-state index is 13.3. The number of aliphatic carboxylic acids is 1. The molecule has 2 amide bonds. The van der Waals surface area contributed by atoms with Gasteiger partial charge in [0.25, 0.3) is 5.91 Å². The van der Waals surface area contributed by atoms with E-state index in [1.807, 2.05) is 36.4 Å². The number of carbonyl (C=O) groups is 4. The summed E-state index contributed by atoms with van der Waals surface area (Å²) in [5.74, 6) is -3.31. The topological polar surface area (TPSA) is 104 Å². The summed E-state index contributed by atoms with van der Waals surface area (Å²) in [5, 5.41) is 11.3. The molecule has 2 N–H and O–H groups in total. The molecule has 0 bridgehead atoms. The molecule has 1 heterocycles. The van der Waals surface area contributed by atoms with E-state index in [1.165, 1.54) is 4.90 Å². The van der Waals surface area contributed by atoms with E-state index in [-0.39, 0.29) is 5.91 Å². The molecule has 0 spiro atoms. The van der Waals surface area contributed by atoms with Gasteiger partial charge in [0.2, 0.25) is 5.91 Å². The van der Waals surface area contributed by atoms with Crippen LogP contribution in [-0.2, 0) is 14.4 Å². The zero-order chi connectivity index (χ0) is 23.1. The second kappa shape index (κ2) is 10.7. The minimum atomic E-state index is -1.47. The zero-order valence-corrected chi connectivity index (χ0v) is 17.5. The third-order valence-corrected chi connectivity index (χ3v) is 5.50. The number of carboxylic acid groups (broad SMARTS) is 1. The summed E-state index contributed by atoms with van der Waals surface area (Å²) in [6.45, 7) is -1.02. The van der Waals surface area contributed by atoms with Crippen LogP contribution in [0, 0.1) is 0 Å². The third-order valence-electron chi connectivity index (χ3n) is 5.50. The minimum absolute atomic E-state index is 0.325. The maximum Gasteiger partial charge on any atom is 0.305 e. The van der Waals surface area contributed by atoms with E-state index in [9.17, 15) is 23.6 Å². The van der Waals surface area contributed by atoms with Gasteiger partial charge >= 0.3 is 5.97 Å². The summed E-state index contributed by atoms with van der Waals surface area (Å²) in [6, 6.07) is 14.4. The van der Waals surface area contributed by atoms with Crippen LogP contribution in [0.5, 0.6) is 0 Å². The van der Waals surface area contributed by atoms with Gasteiger partial charge in [-0.2, -0.15) is 0 Å². The number of rotatable bonds is 8. The Hall–Kier alpha value is -3.55. The number of piperidine rings is 1. The molecule has 2 atom stereocenters. The fourth-order valence-electron chi connectivity index (χ4n) is 3.86. The molecule has 0 aliphatic carbocycles. The van der Waals surface area contributed by atoms with Crippen LogP contribution < -0.4 is 5.32 Å². The molecule has 32 heavy (non-hydrogen) atoms. The number of carbonyl (C=O) groups excluding carboxylic acids is 3. The predicted molar refractivity (Wildman–Crippen MR) is 116 cm³/mol. The van der Waals surface area contributed by atoms with E-state index in [2.05, 4.69) is 5.32 Å². The van der Waals surface area contributed by atoms with Crippen LogP contribution in [-0.4, -0.2) is 58.9 Å². The number of nitrogens with zero attached hydrogens (tertiary/aromatic N) is 1. The van der Waals surface area contributed by atoms with Crippen molar-refractivity contribution < 1.29 is 28.7 Å².